The lowest BCUT2D eigenvalue weighted by Crippen LogP contribution is -2.43. The van der Waals surface area contributed by atoms with Crippen molar-refractivity contribution in [3.8, 4) is 0 Å². The predicted octanol–water partition coefficient (Wildman–Crippen LogP) is 2.31. The van der Waals surface area contributed by atoms with Crippen LogP contribution in [-0.4, -0.2) is 43.8 Å². The number of carbonyl (C=O) groups is 1. The fraction of sp³-hybridized carbons (Fsp3) is 0.588. The van der Waals surface area contributed by atoms with E-state index in [1.165, 1.54) is 0 Å². The number of likely N-dealkylation sites (tertiary alicyclic amines) is 1. The minimum absolute atomic E-state index is 0.0561. The smallest absolute Gasteiger partial charge is 0.410 e. The number of aryl methyl sites for hydroxylation is 1. The topological polar surface area (TPSA) is 69.4 Å². The van der Waals surface area contributed by atoms with Crippen LogP contribution in [0.25, 0.3) is 11.2 Å². The number of piperidine rings is 1. The van der Waals surface area contributed by atoms with Crippen molar-refractivity contribution in [2.24, 2.45) is 7.05 Å². The van der Waals surface area contributed by atoms with E-state index in [0.717, 1.165) is 18.4 Å². The van der Waals surface area contributed by atoms with Crippen LogP contribution in [0.2, 0.25) is 0 Å². The van der Waals surface area contributed by atoms with E-state index in [2.05, 4.69) is 4.98 Å². The quantitative estimate of drug-likeness (QED) is 0.803. The Morgan fingerprint density at radius 3 is 2.58 bits per heavy atom. The molecular weight excluding hydrogens is 308 g/mol. The van der Waals surface area contributed by atoms with Gasteiger partial charge in [0.2, 0.25) is 0 Å². The number of imidazole rings is 1. The minimum Gasteiger partial charge on any atom is -0.444 e. The first-order chi connectivity index (χ1) is 11.3. The number of fused-ring (bicyclic) bond motifs is 1. The molecule has 7 nitrogen and oxygen atoms in total. The van der Waals surface area contributed by atoms with E-state index < -0.39 is 5.60 Å². The largest absolute Gasteiger partial charge is 0.444 e. The van der Waals surface area contributed by atoms with E-state index in [4.69, 9.17) is 4.74 Å². The highest BCUT2D eigenvalue weighted by Crippen LogP contribution is 2.25. The number of pyridine rings is 1. The molecule has 1 aliphatic rings. The lowest BCUT2D eigenvalue weighted by Gasteiger charge is -2.33. The van der Waals surface area contributed by atoms with Gasteiger partial charge < -0.3 is 9.64 Å². The second-order valence-corrected chi connectivity index (χ2v) is 7.26. The summed E-state index contributed by atoms with van der Waals surface area (Å²) in [4.78, 5) is 30.7. The maximum atomic E-state index is 12.6. The molecule has 0 atom stereocenters. The summed E-state index contributed by atoms with van der Waals surface area (Å²) < 4.78 is 8.81. The molecule has 0 aromatic carbocycles. The third-order valence-corrected chi connectivity index (χ3v) is 4.32. The number of aromatic nitrogens is 3. The molecule has 0 N–H and O–H groups in total. The van der Waals surface area contributed by atoms with Crippen LogP contribution in [0.15, 0.2) is 23.1 Å². The molecule has 24 heavy (non-hydrogen) atoms. The molecule has 7 heteroatoms. The monoisotopic (exact) mass is 332 g/mol. The van der Waals surface area contributed by atoms with Crippen molar-refractivity contribution >= 4 is 17.3 Å². The van der Waals surface area contributed by atoms with Gasteiger partial charge >= 0.3 is 11.8 Å². The van der Waals surface area contributed by atoms with Gasteiger partial charge in [0, 0.05) is 32.4 Å². The standard InChI is InChI=1S/C17H24N4O3/c1-17(2,3)24-16(23)20-10-7-12(8-11-20)21-13-6-5-9-18-14(13)19(4)15(21)22/h5-6,9,12H,7-8,10-11H2,1-4H3. The zero-order valence-electron chi connectivity index (χ0n) is 14.7. The Morgan fingerprint density at radius 2 is 1.96 bits per heavy atom. The maximum Gasteiger partial charge on any atom is 0.410 e. The molecule has 3 rings (SSSR count). The maximum absolute atomic E-state index is 12.6. The summed E-state index contributed by atoms with van der Waals surface area (Å²) in [5.41, 5.74) is 0.990. The number of carbonyl (C=O) groups excluding carboxylic acids is 1. The van der Waals surface area contributed by atoms with Crippen molar-refractivity contribution in [2.75, 3.05) is 13.1 Å². The zero-order valence-corrected chi connectivity index (χ0v) is 14.7. The molecule has 3 heterocycles. The molecule has 1 saturated heterocycles. The van der Waals surface area contributed by atoms with E-state index in [0.29, 0.717) is 18.7 Å². The fourth-order valence-corrected chi connectivity index (χ4v) is 3.18. The summed E-state index contributed by atoms with van der Waals surface area (Å²) in [7, 11) is 1.74. The molecule has 0 saturated carbocycles. The van der Waals surface area contributed by atoms with Crippen molar-refractivity contribution in [3.63, 3.8) is 0 Å². The van der Waals surface area contributed by atoms with Gasteiger partial charge in [-0.3, -0.25) is 9.13 Å². The number of ether oxygens (including phenoxy) is 1. The van der Waals surface area contributed by atoms with Gasteiger partial charge in [-0.15, -0.1) is 0 Å². The van der Waals surface area contributed by atoms with Gasteiger partial charge in [0.25, 0.3) is 0 Å². The lowest BCUT2D eigenvalue weighted by atomic mass is 10.1. The van der Waals surface area contributed by atoms with Crippen molar-refractivity contribution in [2.45, 2.75) is 45.3 Å². The molecule has 0 spiro atoms. The first-order valence-corrected chi connectivity index (χ1v) is 8.28. The predicted molar refractivity (Wildman–Crippen MR) is 91.1 cm³/mol. The Bertz CT molecular complexity index is 807. The SMILES string of the molecule is Cn1c(=O)n(C2CCN(C(=O)OC(C)(C)C)CC2)c2cccnc21. The van der Waals surface area contributed by atoms with Crippen LogP contribution < -0.4 is 5.69 Å². The third-order valence-electron chi connectivity index (χ3n) is 4.32. The molecule has 0 radical (unpaired) electrons. The van der Waals surface area contributed by atoms with Gasteiger partial charge in [0.15, 0.2) is 5.65 Å². The van der Waals surface area contributed by atoms with Crippen LogP contribution in [-0.2, 0) is 11.8 Å². The lowest BCUT2D eigenvalue weighted by molar-refractivity contribution is 0.0188. The Hall–Kier alpha value is -2.31. The first-order valence-electron chi connectivity index (χ1n) is 8.28. The molecule has 130 valence electrons. The van der Waals surface area contributed by atoms with Crippen LogP contribution in [0.3, 0.4) is 0 Å². The first kappa shape index (κ1) is 16.5. The van der Waals surface area contributed by atoms with E-state index in [1.807, 2.05) is 37.5 Å². The average molecular weight is 332 g/mol. The van der Waals surface area contributed by atoms with Crippen molar-refractivity contribution in [1.82, 2.24) is 19.0 Å². The highest BCUT2D eigenvalue weighted by Gasteiger charge is 2.29. The number of amides is 1. The van der Waals surface area contributed by atoms with Crippen molar-refractivity contribution in [1.29, 1.82) is 0 Å². The molecule has 1 amide bonds. The van der Waals surface area contributed by atoms with Gasteiger partial charge in [0.1, 0.15) is 5.60 Å². The average Bonchev–Trinajstić information content (AvgIpc) is 2.78. The summed E-state index contributed by atoms with van der Waals surface area (Å²) in [6.07, 6.45) is 2.87. The summed E-state index contributed by atoms with van der Waals surface area (Å²) in [5.74, 6) is 0. The summed E-state index contributed by atoms with van der Waals surface area (Å²) in [5, 5.41) is 0. The van der Waals surface area contributed by atoms with Gasteiger partial charge in [-0.1, -0.05) is 0 Å². The van der Waals surface area contributed by atoms with Crippen LogP contribution >= 0.6 is 0 Å². The molecule has 1 fully saturated rings. The molecule has 2 aromatic heterocycles. The molecule has 1 aliphatic heterocycles. The van der Waals surface area contributed by atoms with E-state index >= 15 is 0 Å². The van der Waals surface area contributed by atoms with Gasteiger partial charge in [0.05, 0.1) is 5.52 Å². The van der Waals surface area contributed by atoms with Crippen LogP contribution in [0.5, 0.6) is 0 Å². The number of rotatable bonds is 1. The third kappa shape index (κ3) is 3.02. The molecule has 2 aromatic rings. The number of hydrogen-bond donors (Lipinski definition) is 0. The molecule has 0 unspecified atom stereocenters. The summed E-state index contributed by atoms with van der Waals surface area (Å²) in [6.45, 7) is 6.76. The van der Waals surface area contributed by atoms with Gasteiger partial charge in [-0.25, -0.2) is 14.6 Å². The zero-order chi connectivity index (χ0) is 17.5. The van der Waals surface area contributed by atoms with E-state index in [9.17, 15) is 9.59 Å². The number of hydrogen-bond acceptors (Lipinski definition) is 4. The Labute approximate surface area is 140 Å². The summed E-state index contributed by atoms with van der Waals surface area (Å²) in [6, 6.07) is 3.84. The van der Waals surface area contributed by atoms with E-state index in [1.54, 1.807) is 22.7 Å². The Kier molecular flexibility index (Phi) is 4.11. The van der Waals surface area contributed by atoms with Gasteiger partial charge in [-0.05, 0) is 45.7 Å². The minimum atomic E-state index is -0.494. The van der Waals surface area contributed by atoms with Crippen LogP contribution in [0.1, 0.15) is 39.7 Å². The molecule has 0 aliphatic carbocycles. The number of nitrogens with zero attached hydrogens (tertiary/aromatic N) is 4. The van der Waals surface area contributed by atoms with Crippen LogP contribution in [0, 0.1) is 0 Å². The highest BCUT2D eigenvalue weighted by molar-refractivity contribution is 5.71. The normalized spacial score (nSPS) is 16.6. The van der Waals surface area contributed by atoms with Crippen LogP contribution in [0.4, 0.5) is 4.79 Å². The highest BCUT2D eigenvalue weighted by atomic mass is 16.6. The fourth-order valence-electron chi connectivity index (χ4n) is 3.18. The molecule has 0 bridgehead atoms. The second kappa shape index (κ2) is 5.96. The second-order valence-electron chi connectivity index (χ2n) is 7.26. The van der Waals surface area contributed by atoms with Crippen molar-refractivity contribution < 1.29 is 9.53 Å². The summed E-state index contributed by atoms with van der Waals surface area (Å²) >= 11 is 0. The molecular formula is C17H24N4O3. The van der Waals surface area contributed by atoms with E-state index in [-0.39, 0.29) is 17.8 Å². The van der Waals surface area contributed by atoms with Crippen molar-refractivity contribution in [3.05, 3.63) is 28.8 Å². The Balaban J connectivity index is 1.78. The Morgan fingerprint density at radius 1 is 1.29 bits per heavy atom. The van der Waals surface area contributed by atoms with Gasteiger partial charge in [-0.2, -0.15) is 0 Å².